The van der Waals surface area contributed by atoms with Crippen LogP contribution in [-0.2, 0) is 11.3 Å². The third-order valence-electron chi connectivity index (χ3n) is 3.92. The average Bonchev–Trinajstić information content (AvgIpc) is 3.01. The fourth-order valence-corrected chi connectivity index (χ4v) is 3.50. The molecule has 21 heavy (non-hydrogen) atoms. The molecule has 1 amide bonds. The molecular formula is C16H19N3OS. The molecule has 0 aliphatic carbocycles. The average molecular weight is 301 g/mol. The summed E-state index contributed by atoms with van der Waals surface area (Å²) in [6, 6.07) is 10.4. The highest BCUT2D eigenvalue weighted by molar-refractivity contribution is 7.09. The SMILES string of the molecule is CC(=O)N1CCN(Cc2cncs2)CC1c1ccccc1. The van der Waals surface area contributed by atoms with Crippen LogP contribution in [0.1, 0.15) is 23.4 Å². The van der Waals surface area contributed by atoms with E-state index in [1.165, 1.54) is 10.4 Å². The molecule has 1 aliphatic heterocycles. The summed E-state index contributed by atoms with van der Waals surface area (Å²) in [6.07, 6.45) is 1.93. The van der Waals surface area contributed by atoms with Gasteiger partial charge in [0.15, 0.2) is 0 Å². The van der Waals surface area contributed by atoms with Gasteiger partial charge in [-0.05, 0) is 5.56 Å². The molecule has 1 aromatic carbocycles. The second-order valence-electron chi connectivity index (χ2n) is 5.34. The van der Waals surface area contributed by atoms with Crippen LogP contribution in [0, 0.1) is 0 Å². The van der Waals surface area contributed by atoms with E-state index < -0.39 is 0 Å². The molecule has 0 spiro atoms. The second kappa shape index (κ2) is 6.37. The summed E-state index contributed by atoms with van der Waals surface area (Å²) in [7, 11) is 0. The Bertz CT molecular complexity index is 585. The zero-order chi connectivity index (χ0) is 14.7. The normalized spacial score (nSPS) is 19.7. The molecule has 1 unspecified atom stereocenters. The van der Waals surface area contributed by atoms with E-state index in [1.807, 2.05) is 34.8 Å². The molecular weight excluding hydrogens is 282 g/mol. The van der Waals surface area contributed by atoms with E-state index in [1.54, 1.807) is 18.3 Å². The number of amides is 1. The predicted molar refractivity (Wildman–Crippen MR) is 84.0 cm³/mol. The van der Waals surface area contributed by atoms with Gasteiger partial charge in [-0.25, -0.2) is 0 Å². The Kier molecular flexibility index (Phi) is 4.31. The van der Waals surface area contributed by atoms with Crippen molar-refractivity contribution in [1.82, 2.24) is 14.8 Å². The molecule has 2 heterocycles. The predicted octanol–water partition coefficient (Wildman–Crippen LogP) is 2.55. The van der Waals surface area contributed by atoms with Crippen molar-refractivity contribution in [3.8, 4) is 0 Å². The maximum Gasteiger partial charge on any atom is 0.220 e. The fraction of sp³-hybridized carbons (Fsp3) is 0.375. The van der Waals surface area contributed by atoms with Crippen LogP contribution in [0.5, 0.6) is 0 Å². The van der Waals surface area contributed by atoms with Gasteiger partial charge in [-0.3, -0.25) is 14.7 Å². The number of benzene rings is 1. The number of nitrogens with zero attached hydrogens (tertiary/aromatic N) is 3. The van der Waals surface area contributed by atoms with Crippen LogP contribution in [0.2, 0.25) is 0 Å². The minimum atomic E-state index is 0.144. The number of thiazole rings is 1. The van der Waals surface area contributed by atoms with Gasteiger partial charge in [0, 0.05) is 44.2 Å². The zero-order valence-electron chi connectivity index (χ0n) is 12.1. The summed E-state index contributed by atoms with van der Waals surface area (Å²) in [4.78, 5) is 21.7. The van der Waals surface area contributed by atoms with E-state index in [4.69, 9.17) is 0 Å². The van der Waals surface area contributed by atoms with Crippen LogP contribution in [0.4, 0.5) is 0 Å². The van der Waals surface area contributed by atoms with Gasteiger partial charge in [-0.15, -0.1) is 11.3 Å². The summed E-state index contributed by atoms with van der Waals surface area (Å²) in [5, 5.41) is 0. The molecule has 4 nitrogen and oxygen atoms in total. The first-order chi connectivity index (χ1) is 10.2. The number of carbonyl (C=O) groups is 1. The molecule has 0 saturated carbocycles. The molecule has 0 bridgehead atoms. The molecule has 2 aromatic rings. The van der Waals surface area contributed by atoms with Crippen molar-refractivity contribution in [2.45, 2.75) is 19.5 Å². The van der Waals surface area contributed by atoms with Crippen molar-refractivity contribution in [2.75, 3.05) is 19.6 Å². The Morgan fingerprint density at radius 1 is 1.33 bits per heavy atom. The Morgan fingerprint density at radius 3 is 2.81 bits per heavy atom. The molecule has 1 atom stereocenters. The third kappa shape index (κ3) is 3.31. The molecule has 0 N–H and O–H groups in total. The largest absolute Gasteiger partial charge is 0.333 e. The van der Waals surface area contributed by atoms with Crippen LogP contribution in [0.15, 0.2) is 42.0 Å². The summed E-state index contributed by atoms with van der Waals surface area (Å²) >= 11 is 1.69. The van der Waals surface area contributed by atoms with E-state index in [9.17, 15) is 4.79 Å². The highest BCUT2D eigenvalue weighted by atomic mass is 32.1. The molecule has 5 heteroatoms. The first-order valence-electron chi connectivity index (χ1n) is 7.16. The highest BCUT2D eigenvalue weighted by Gasteiger charge is 2.29. The van der Waals surface area contributed by atoms with Crippen molar-refractivity contribution in [3.63, 3.8) is 0 Å². The lowest BCUT2D eigenvalue weighted by Crippen LogP contribution is -2.49. The number of rotatable bonds is 3. The Morgan fingerprint density at radius 2 is 2.14 bits per heavy atom. The van der Waals surface area contributed by atoms with Crippen molar-refractivity contribution in [1.29, 1.82) is 0 Å². The Hall–Kier alpha value is -1.72. The molecule has 1 aromatic heterocycles. The number of hydrogen-bond acceptors (Lipinski definition) is 4. The molecule has 110 valence electrons. The topological polar surface area (TPSA) is 36.4 Å². The Labute approximate surface area is 129 Å². The minimum Gasteiger partial charge on any atom is -0.333 e. The number of aromatic nitrogens is 1. The smallest absolute Gasteiger partial charge is 0.220 e. The van der Waals surface area contributed by atoms with Gasteiger partial charge in [0.2, 0.25) is 5.91 Å². The lowest BCUT2D eigenvalue weighted by Gasteiger charge is -2.41. The molecule has 3 rings (SSSR count). The maximum atomic E-state index is 11.9. The van der Waals surface area contributed by atoms with E-state index in [-0.39, 0.29) is 11.9 Å². The van der Waals surface area contributed by atoms with E-state index in [2.05, 4.69) is 22.0 Å². The first kappa shape index (κ1) is 14.2. The fourth-order valence-electron chi connectivity index (χ4n) is 2.86. The van der Waals surface area contributed by atoms with Gasteiger partial charge in [0.05, 0.1) is 11.6 Å². The van der Waals surface area contributed by atoms with Crippen LogP contribution >= 0.6 is 11.3 Å². The van der Waals surface area contributed by atoms with Crippen LogP contribution in [-0.4, -0.2) is 40.3 Å². The number of hydrogen-bond donors (Lipinski definition) is 0. The maximum absolute atomic E-state index is 11.9. The summed E-state index contributed by atoms with van der Waals surface area (Å²) in [6.45, 7) is 5.16. The Balaban J connectivity index is 1.77. The van der Waals surface area contributed by atoms with Crippen molar-refractivity contribution in [2.24, 2.45) is 0 Å². The van der Waals surface area contributed by atoms with Gasteiger partial charge in [0.25, 0.3) is 0 Å². The summed E-state index contributed by atoms with van der Waals surface area (Å²) in [5.74, 6) is 0.154. The van der Waals surface area contributed by atoms with Gasteiger partial charge in [-0.2, -0.15) is 0 Å². The molecule has 1 fully saturated rings. The summed E-state index contributed by atoms with van der Waals surface area (Å²) < 4.78 is 0. The monoisotopic (exact) mass is 301 g/mol. The zero-order valence-corrected chi connectivity index (χ0v) is 12.9. The van der Waals surface area contributed by atoms with E-state index >= 15 is 0 Å². The highest BCUT2D eigenvalue weighted by Crippen LogP contribution is 2.26. The van der Waals surface area contributed by atoms with Crippen LogP contribution in [0.3, 0.4) is 0 Å². The van der Waals surface area contributed by atoms with Crippen LogP contribution in [0.25, 0.3) is 0 Å². The van der Waals surface area contributed by atoms with Crippen molar-refractivity contribution < 1.29 is 4.79 Å². The molecule has 0 radical (unpaired) electrons. The van der Waals surface area contributed by atoms with Gasteiger partial charge in [-0.1, -0.05) is 30.3 Å². The lowest BCUT2D eigenvalue weighted by molar-refractivity contribution is -0.134. The second-order valence-corrected chi connectivity index (χ2v) is 6.31. The number of piperazine rings is 1. The quantitative estimate of drug-likeness (QED) is 0.874. The van der Waals surface area contributed by atoms with Gasteiger partial charge < -0.3 is 4.90 Å². The third-order valence-corrected chi connectivity index (χ3v) is 4.68. The summed E-state index contributed by atoms with van der Waals surface area (Å²) in [5.41, 5.74) is 3.08. The van der Waals surface area contributed by atoms with E-state index in [0.29, 0.717) is 0 Å². The lowest BCUT2D eigenvalue weighted by atomic mass is 10.0. The van der Waals surface area contributed by atoms with Crippen LogP contribution < -0.4 is 0 Å². The van der Waals surface area contributed by atoms with Crippen molar-refractivity contribution in [3.05, 3.63) is 52.5 Å². The standard InChI is InChI=1S/C16H19N3OS/c1-13(20)19-8-7-18(10-15-9-17-12-21-15)11-16(19)14-5-3-2-4-6-14/h2-6,9,12,16H,7-8,10-11H2,1H3. The molecule has 1 saturated heterocycles. The molecule has 1 aliphatic rings. The minimum absolute atomic E-state index is 0.144. The van der Waals surface area contributed by atoms with Gasteiger partial charge >= 0.3 is 0 Å². The van der Waals surface area contributed by atoms with E-state index in [0.717, 1.165) is 26.2 Å². The van der Waals surface area contributed by atoms with Gasteiger partial charge in [0.1, 0.15) is 0 Å². The van der Waals surface area contributed by atoms with Crippen molar-refractivity contribution >= 4 is 17.2 Å². The number of carbonyl (C=O) groups excluding carboxylic acids is 1. The first-order valence-corrected chi connectivity index (χ1v) is 8.04.